The third-order valence-electron chi connectivity index (χ3n) is 7.62. The van der Waals surface area contributed by atoms with Crippen LogP contribution >= 0.6 is 0 Å². The van der Waals surface area contributed by atoms with E-state index in [0.717, 1.165) is 28.6 Å². The summed E-state index contributed by atoms with van der Waals surface area (Å²) in [5.41, 5.74) is 11.8. The molecule has 8 heterocycles. The fraction of sp³-hybridized carbons (Fsp3) is 0.0625. The largest absolute Gasteiger partial charge is 0.437 e. The lowest BCUT2D eigenvalue weighted by atomic mass is 10.1. The fourth-order valence-electron chi connectivity index (χ4n) is 5.43. The van der Waals surface area contributed by atoms with Crippen molar-refractivity contribution in [1.29, 1.82) is 0 Å². The lowest BCUT2D eigenvalue weighted by Gasteiger charge is -2.13. The van der Waals surface area contributed by atoms with Crippen molar-refractivity contribution in [3.8, 4) is 56.8 Å². The van der Waals surface area contributed by atoms with Crippen LogP contribution in [0.25, 0.3) is 44.5 Å². The molecule has 16 heteroatoms. The monoisotopic (exact) mass is 640 g/mol. The highest BCUT2D eigenvalue weighted by Crippen LogP contribution is 2.43. The molecule has 0 fully saturated rings. The number of nitrogens with zero attached hydrogens (tertiary/aromatic N) is 11. The number of hydrogen-bond acceptors (Lipinski definition) is 11. The van der Waals surface area contributed by atoms with Gasteiger partial charge in [-0.2, -0.15) is 10.2 Å². The van der Waals surface area contributed by atoms with E-state index in [1.54, 1.807) is 44.7 Å². The normalized spacial score (nSPS) is 11.4. The van der Waals surface area contributed by atoms with E-state index in [2.05, 4.69) is 30.2 Å². The Bertz CT molecular complexity index is 2490. The number of aryl methyl sites for hydroxylation is 2. The van der Waals surface area contributed by atoms with E-state index in [1.165, 1.54) is 12.1 Å². The smallest absolute Gasteiger partial charge is 0.287 e. The predicted molar refractivity (Wildman–Crippen MR) is 173 cm³/mol. The van der Waals surface area contributed by atoms with Crippen LogP contribution < -0.4 is 15.2 Å². The molecular formula is C32H24N12O4. The van der Waals surface area contributed by atoms with Gasteiger partial charge in [-0.15, -0.1) is 5.10 Å². The summed E-state index contributed by atoms with van der Waals surface area (Å²) in [7, 11) is 3.72. The molecule has 0 saturated carbocycles. The third kappa shape index (κ3) is 4.98. The van der Waals surface area contributed by atoms with Gasteiger partial charge in [-0.3, -0.25) is 14.8 Å². The van der Waals surface area contributed by atoms with Crippen LogP contribution in [0.4, 0.5) is 11.5 Å². The topological polar surface area (TPSA) is 184 Å². The number of anilines is 1. The molecule has 8 rings (SSSR count). The lowest BCUT2D eigenvalue weighted by Crippen LogP contribution is -1.98. The zero-order valence-corrected chi connectivity index (χ0v) is 25.4. The molecule has 2 N–H and O–H groups in total. The lowest BCUT2D eigenvalue weighted by molar-refractivity contribution is -0.385. The van der Waals surface area contributed by atoms with E-state index in [1.807, 2.05) is 67.7 Å². The van der Waals surface area contributed by atoms with Crippen molar-refractivity contribution in [2.24, 2.45) is 14.1 Å². The van der Waals surface area contributed by atoms with Gasteiger partial charge in [0.1, 0.15) is 17.2 Å². The second-order valence-corrected chi connectivity index (χ2v) is 10.9. The minimum atomic E-state index is -0.526. The minimum Gasteiger partial charge on any atom is -0.437 e. The summed E-state index contributed by atoms with van der Waals surface area (Å²) in [5.74, 6) is 1.41. The number of imidazole rings is 1. The highest BCUT2D eigenvalue weighted by Gasteiger charge is 2.24. The number of ether oxygens (including phenoxy) is 2. The van der Waals surface area contributed by atoms with Gasteiger partial charge in [0.15, 0.2) is 17.3 Å². The van der Waals surface area contributed by atoms with Crippen LogP contribution in [-0.2, 0) is 14.1 Å². The van der Waals surface area contributed by atoms with E-state index < -0.39 is 4.92 Å². The quantitative estimate of drug-likeness (QED) is 0.168. The van der Waals surface area contributed by atoms with Crippen molar-refractivity contribution in [3.63, 3.8) is 0 Å². The van der Waals surface area contributed by atoms with Crippen molar-refractivity contribution < 1.29 is 14.4 Å². The summed E-state index contributed by atoms with van der Waals surface area (Å²) in [4.78, 5) is 23.9. The van der Waals surface area contributed by atoms with Crippen molar-refractivity contribution in [3.05, 3.63) is 108 Å². The molecule has 0 radical (unpaired) electrons. The van der Waals surface area contributed by atoms with Gasteiger partial charge in [-0.25, -0.2) is 24.0 Å². The summed E-state index contributed by atoms with van der Waals surface area (Å²) in [6.07, 6.45) is 15.3. The number of fused-ring (bicyclic) bond motifs is 2. The molecule has 0 spiro atoms. The highest BCUT2D eigenvalue weighted by molar-refractivity contribution is 5.95. The van der Waals surface area contributed by atoms with Crippen LogP contribution in [0.1, 0.15) is 0 Å². The number of hydrogen-bond donors (Lipinski definition) is 1. The Morgan fingerprint density at radius 1 is 0.833 bits per heavy atom. The molecule has 16 nitrogen and oxygen atoms in total. The molecule has 48 heavy (non-hydrogen) atoms. The number of rotatable bonds is 8. The van der Waals surface area contributed by atoms with E-state index in [0.29, 0.717) is 33.7 Å². The molecule has 8 aromatic rings. The van der Waals surface area contributed by atoms with Crippen LogP contribution in [0.3, 0.4) is 0 Å². The Morgan fingerprint density at radius 3 is 2.44 bits per heavy atom. The van der Waals surface area contributed by atoms with Gasteiger partial charge >= 0.3 is 0 Å². The second-order valence-electron chi connectivity index (χ2n) is 10.9. The van der Waals surface area contributed by atoms with Crippen molar-refractivity contribution in [1.82, 2.24) is 48.5 Å². The molecule has 0 aromatic carbocycles. The zero-order chi connectivity index (χ0) is 32.9. The first-order chi connectivity index (χ1) is 23.3. The van der Waals surface area contributed by atoms with E-state index in [4.69, 9.17) is 15.2 Å². The molecular weight excluding hydrogens is 616 g/mol. The van der Waals surface area contributed by atoms with Gasteiger partial charge in [0.25, 0.3) is 5.69 Å². The number of nitrogens with two attached hydrogens (primary N) is 1. The molecule has 236 valence electrons. The van der Waals surface area contributed by atoms with Gasteiger partial charge in [-0.1, -0.05) is 0 Å². The molecule has 8 aromatic heterocycles. The van der Waals surface area contributed by atoms with Crippen LogP contribution in [-0.4, -0.2) is 53.5 Å². The van der Waals surface area contributed by atoms with E-state index in [-0.39, 0.29) is 23.3 Å². The Labute approximate surface area is 270 Å². The number of nitro groups is 1. The average Bonchev–Trinajstić information content (AvgIpc) is 3.88. The van der Waals surface area contributed by atoms with Crippen LogP contribution in [0, 0.1) is 10.1 Å². The molecule has 0 amide bonds. The number of pyridine rings is 4. The van der Waals surface area contributed by atoms with Crippen molar-refractivity contribution >= 4 is 22.5 Å². The Balaban J connectivity index is 1.28. The van der Waals surface area contributed by atoms with Gasteiger partial charge < -0.3 is 19.8 Å². The van der Waals surface area contributed by atoms with Crippen molar-refractivity contribution in [2.75, 3.05) is 5.73 Å². The van der Waals surface area contributed by atoms with Gasteiger partial charge in [0.05, 0.1) is 40.5 Å². The van der Waals surface area contributed by atoms with Gasteiger partial charge in [-0.05, 0) is 30.3 Å². The Morgan fingerprint density at radius 2 is 1.69 bits per heavy atom. The molecule has 0 bridgehead atoms. The number of aromatic nitrogens is 10. The first-order valence-corrected chi connectivity index (χ1v) is 14.5. The molecule has 0 aliphatic rings. The Hall–Kier alpha value is -7.10. The highest BCUT2D eigenvalue weighted by atomic mass is 16.6. The first kappa shape index (κ1) is 28.4. The van der Waals surface area contributed by atoms with Crippen LogP contribution in [0.2, 0.25) is 0 Å². The third-order valence-corrected chi connectivity index (χ3v) is 7.62. The maximum atomic E-state index is 11.2. The van der Waals surface area contributed by atoms with Gasteiger partial charge in [0.2, 0.25) is 11.8 Å². The summed E-state index contributed by atoms with van der Waals surface area (Å²) >= 11 is 0. The predicted octanol–water partition coefficient (Wildman–Crippen LogP) is 5.32. The van der Waals surface area contributed by atoms with Gasteiger partial charge in [0, 0.05) is 73.9 Å². The van der Waals surface area contributed by atoms with Crippen molar-refractivity contribution in [2.45, 2.75) is 0 Å². The van der Waals surface area contributed by atoms with E-state index in [9.17, 15) is 10.1 Å². The molecule has 0 unspecified atom stereocenters. The molecule has 0 atom stereocenters. The SMILES string of the molecule is Cn1cnc(-c2cc(Oc3ncccc3-c3c(N)nn4cc(-c5cnn(C)c5)cc(Oc5ccc([N+](=O)[O-])cn5)c34)c3ccnn3c2)c1. The summed E-state index contributed by atoms with van der Waals surface area (Å²) in [5, 5.41) is 24.6. The zero-order valence-electron chi connectivity index (χ0n) is 25.4. The van der Waals surface area contributed by atoms with Crippen LogP contribution in [0.15, 0.2) is 98.4 Å². The maximum absolute atomic E-state index is 11.2. The molecule has 0 saturated heterocycles. The summed E-state index contributed by atoms with van der Waals surface area (Å²) < 4.78 is 19.7. The molecule has 0 aliphatic carbocycles. The molecule has 0 aliphatic heterocycles. The minimum absolute atomic E-state index is 0.133. The van der Waals surface area contributed by atoms with E-state index >= 15 is 0 Å². The summed E-state index contributed by atoms with van der Waals surface area (Å²) in [6.45, 7) is 0. The standard InChI is InChI=1S/C32H24N12O4/c1-40-17-24(36-18-40)20-11-26(25-7-9-37-42(25)16-20)48-32-23(4-3-8-34-32)29-30-27(47-28-6-5-22(13-35-28)44(45)46)10-19(15-43(30)39-31(29)33)21-12-38-41(2)14-21/h3-18H,1-2H3,(H2,33,39). The fourth-order valence-corrected chi connectivity index (χ4v) is 5.43. The second kappa shape index (κ2) is 11.1. The number of nitrogen functional groups attached to an aromatic ring is 1. The average molecular weight is 641 g/mol. The first-order valence-electron chi connectivity index (χ1n) is 14.5. The Kier molecular flexibility index (Phi) is 6.54. The maximum Gasteiger partial charge on any atom is 0.287 e. The summed E-state index contributed by atoms with van der Waals surface area (Å²) in [6, 6.07) is 11.9. The van der Waals surface area contributed by atoms with Crippen LogP contribution in [0.5, 0.6) is 23.3 Å².